The number of ether oxygens (including phenoxy) is 1. The molecule has 0 saturated heterocycles. The summed E-state index contributed by atoms with van der Waals surface area (Å²) < 4.78 is 7.78. The van der Waals surface area contributed by atoms with Crippen LogP contribution in [-0.4, -0.2) is 35.2 Å². The van der Waals surface area contributed by atoms with Crippen LogP contribution in [0.15, 0.2) is 41.6 Å². The SMILES string of the molecule is CCOc1ccc(-n2cnc3c(sc4nccc(N(C)C)c43)c2=O)cc1C. The standard InChI is InChI=1S/C20H20N4O2S/c1-5-26-15-7-6-13(10-12(15)2)24-11-22-17-16-14(23(3)4)8-9-21-19(16)27-18(17)20(24)25/h6-11H,5H2,1-4H3. The maximum absolute atomic E-state index is 13.2. The third kappa shape index (κ3) is 2.84. The van der Waals surface area contributed by atoms with Gasteiger partial charge in [0.15, 0.2) is 0 Å². The van der Waals surface area contributed by atoms with Gasteiger partial charge < -0.3 is 9.64 Å². The van der Waals surface area contributed by atoms with Crippen LogP contribution >= 0.6 is 11.3 Å². The van der Waals surface area contributed by atoms with Crippen molar-refractivity contribution in [1.82, 2.24) is 14.5 Å². The van der Waals surface area contributed by atoms with Gasteiger partial charge in [0.25, 0.3) is 5.56 Å². The minimum Gasteiger partial charge on any atom is -0.494 e. The molecule has 0 spiro atoms. The minimum atomic E-state index is -0.0868. The Hall–Kier alpha value is -2.93. The zero-order chi connectivity index (χ0) is 19.1. The molecule has 3 heterocycles. The Morgan fingerprint density at radius 2 is 2.04 bits per heavy atom. The molecule has 27 heavy (non-hydrogen) atoms. The Morgan fingerprint density at radius 3 is 2.74 bits per heavy atom. The number of nitrogens with zero attached hydrogens (tertiary/aromatic N) is 4. The second kappa shape index (κ2) is 6.66. The topological polar surface area (TPSA) is 60.2 Å². The van der Waals surface area contributed by atoms with E-state index in [4.69, 9.17) is 4.74 Å². The average molecular weight is 380 g/mol. The molecule has 0 fully saturated rings. The van der Waals surface area contributed by atoms with Crippen LogP contribution in [-0.2, 0) is 0 Å². The van der Waals surface area contributed by atoms with E-state index in [0.29, 0.717) is 16.8 Å². The van der Waals surface area contributed by atoms with Gasteiger partial charge in [-0.2, -0.15) is 0 Å². The first kappa shape index (κ1) is 17.5. The van der Waals surface area contributed by atoms with Gasteiger partial charge in [-0.1, -0.05) is 0 Å². The fraction of sp³-hybridized carbons (Fsp3) is 0.250. The smallest absolute Gasteiger partial charge is 0.275 e. The largest absolute Gasteiger partial charge is 0.494 e. The number of fused-ring (bicyclic) bond motifs is 3. The van der Waals surface area contributed by atoms with Crippen LogP contribution in [0.25, 0.3) is 26.1 Å². The van der Waals surface area contributed by atoms with Gasteiger partial charge in [0, 0.05) is 20.3 Å². The number of anilines is 1. The molecule has 0 atom stereocenters. The van der Waals surface area contributed by atoms with E-state index >= 15 is 0 Å². The highest BCUT2D eigenvalue weighted by molar-refractivity contribution is 7.25. The summed E-state index contributed by atoms with van der Waals surface area (Å²) >= 11 is 1.39. The van der Waals surface area contributed by atoms with Crippen LogP contribution < -0.4 is 15.2 Å². The number of hydrogen-bond donors (Lipinski definition) is 0. The second-order valence-corrected chi connectivity index (χ2v) is 7.49. The fourth-order valence-corrected chi connectivity index (χ4v) is 4.24. The van der Waals surface area contributed by atoms with Crippen molar-refractivity contribution in [2.45, 2.75) is 13.8 Å². The molecule has 0 aliphatic rings. The highest BCUT2D eigenvalue weighted by atomic mass is 32.1. The summed E-state index contributed by atoms with van der Waals surface area (Å²) in [6.45, 7) is 4.53. The third-order valence-electron chi connectivity index (χ3n) is 4.48. The lowest BCUT2D eigenvalue weighted by molar-refractivity contribution is 0.338. The van der Waals surface area contributed by atoms with Crippen molar-refractivity contribution < 1.29 is 4.74 Å². The predicted octanol–water partition coefficient (Wildman–Crippen LogP) is 3.77. The normalized spacial score (nSPS) is 11.3. The molecule has 3 aromatic heterocycles. The highest BCUT2D eigenvalue weighted by Gasteiger charge is 2.17. The number of aromatic nitrogens is 3. The monoisotopic (exact) mass is 380 g/mol. The first-order valence-electron chi connectivity index (χ1n) is 8.71. The Labute approximate surface area is 160 Å². The van der Waals surface area contributed by atoms with Crippen LogP contribution in [0.4, 0.5) is 5.69 Å². The van der Waals surface area contributed by atoms with Crippen molar-refractivity contribution >= 4 is 37.5 Å². The molecule has 6 nitrogen and oxygen atoms in total. The molecule has 4 rings (SSSR count). The predicted molar refractivity (Wildman–Crippen MR) is 111 cm³/mol. The van der Waals surface area contributed by atoms with Crippen LogP contribution in [0.1, 0.15) is 12.5 Å². The van der Waals surface area contributed by atoms with Gasteiger partial charge in [0.1, 0.15) is 21.6 Å². The van der Waals surface area contributed by atoms with Crippen LogP contribution in [0, 0.1) is 6.92 Å². The molecule has 0 amide bonds. The first-order chi connectivity index (χ1) is 13.0. The van der Waals surface area contributed by atoms with E-state index < -0.39 is 0 Å². The summed E-state index contributed by atoms with van der Waals surface area (Å²) in [6.07, 6.45) is 3.36. The molecule has 0 aliphatic heterocycles. The number of thiophene rings is 1. The molecular formula is C20H20N4O2S. The number of benzene rings is 1. The van der Waals surface area contributed by atoms with Gasteiger partial charge in [-0.05, 0) is 43.7 Å². The van der Waals surface area contributed by atoms with Gasteiger partial charge in [-0.15, -0.1) is 11.3 Å². The maximum Gasteiger partial charge on any atom is 0.275 e. The zero-order valence-electron chi connectivity index (χ0n) is 15.7. The number of pyridine rings is 1. The Bertz CT molecular complexity index is 1210. The van der Waals surface area contributed by atoms with Crippen molar-refractivity contribution in [2.75, 3.05) is 25.6 Å². The van der Waals surface area contributed by atoms with Crippen LogP contribution in [0.5, 0.6) is 5.75 Å². The lowest BCUT2D eigenvalue weighted by atomic mass is 10.2. The summed E-state index contributed by atoms with van der Waals surface area (Å²) in [5.41, 5.74) is 3.38. The van der Waals surface area contributed by atoms with Crippen LogP contribution in [0.2, 0.25) is 0 Å². The zero-order valence-corrected chi connectivity index (χ0v) is 16.5. The summed E-state index contributed by atoms with van der Waals surface area (Å²) in [7, 11) is 3.95. The molecule has 7 heteroatoms. The van der Waals surface area contributed by atoms with Gasteiger partial charge in [0.2, 0.25) is 0 Å². The first-order valence-corrected chi connectivity index (χ1v) is 9.53. The number of hydrogen-bond acceptors (Lipinski definition) is 6. The van der Waals surface area contributed by atoms with E-state index in [1.807, 2.05) is 57.1 Å². The van der Waals surface area contributed by atoms with E-state index in [0.717, 1.165) is 32.9 Å². The lowest BCUT2D eigenvalue weighted by Gasteiger charge is -2.13. The van der Waals surface area contributed by atoms with Crippen molar-refractivity contribution in [2.24, 2.45) is 0 Å². The molecular weight excluding hydrogens is 360 g/mol. The van der Waals surface area contributed by atoms with Crippen molar-refractivity contribution in [3.63, 3.8) is 0 Å². The van der Waals surface area contributed by atoms with E-state index in [9.17, 15) is 4.79 Å². The molecule has 138 valence electrons. The Kier molecular flexibility index (Phi) is 4.31. The van der Waals surface area contributed by atoms with Crippen molar-refractivity contribution in [1.29, 1.82) is 0 Å². The van der Waals surface area contributed by atoms with Gasteiger partial charge in [-0.25, -0.2) is 9.97 Å². The quantitative estimate of drug-likeness (QED) is 0.539. The summed E-state index contributed by atoms with van der Waals surface area (Å²) in [5.74, 6) is 0.824. The number of rotatable bonds is 4. The minimum absolute atomic E-state index is 0.0868. The summed E-state index contributed by atoms with van der Waals surface area (Å²) in [6, 6.07) is 7.65. The Morgan fingerprint density at radius 1 is 1.22 bits per heavy atom. The lowest BCUT2D eigenvalue weighted by Crippen LogP contribution is -2.18. The molecule has 0 N–H and O–H groups in total. The van der Waals surface area contributed by atoms with Crippen molar-refractivity contribution in [3.05, 3.63) is 52.7 Å². The Balaban J connectivity index is 1.93. The van der Waals surface area contributed by atoms with Crippen LogP contribution in [0.3, 0.4) is 0 Å². The molecule has 0 aliphatic carbocycles. The van der Waals surface area contributed by atoms with E-state index in [1.54, 1.807) is 17.1 Å². The second-order valence-electron chi connectivity index (χ2n) is 6.49. The third-order valence-corrected chi connectivity index (χ3v) is 5.55. The molecule has 1 aromatic carbocycles. The van der Waals surface area contributed by atoms with Gasteiger partial charge >= 0.3 is 0 Å². The van der Waals surface area contributed by atoms with Gasteiger partial charge in [-0.3, -0.25) is 9.36 Å². The molecule has 4 aromatic rings. The number of aryl methyl sites for hydroxylation is 1. The maximum atomic E-state index is 13.2. The van der Waals surface area contributed by atoms with E-state index in [1.165, 1.54) is 11.3 Å². The molecule has 0 bridgehead atoms. The fourth-order valence-electron chi connectivity index (χ4n) is 3.19. The summed E-state index contributed by atoms with van der Waals surface area (Å²) in [4.78, 5) is 25.0. The molecule has 0 radical (unpaired) electrons. The molecule has 0 saturated carbocycles. The average Bonchev–Trinajstić information content (AvgIpc) is 3.03. The van der Waals surface area contributed by atoms with Gasteiger partial charge in [0.05, 0.1) is 28.9 Å². The summed E-state index contributed by atoms with van der Waals surface area (Å²) in [5, 5.41) is 0.926. The van der Waals surface area contributed by atoms with E-state index in [2.05, 4.69) is 9.97 Å². The van der Waals surface area contributed by atoms with E-state index in [-0.39, 0.29) is 5.56 Å². The van der Waals surface area contributed by atoms with Crippen molar-refractivity contribution in [3.8, 4) is 11.4 Å². The highest BCUT2D eigenvalue weighted by Crippen LogP contribution is 2.35. The molecule has 0 unspecified atom stereocenters.